The second-order valence-electron chi connectivity index (χ2n) is 9.23. The van der Waals surface area contributed by atoms with Crippen molar-refractivity contribution in [3.63, 3.8) is 0 Å². The van der Waals surface area contributed by atoms with Gasteiger partial charge in [0.1, 0.15) is 22.9 Å². The third-order valence-electron chi connectivity index (χ3n) is 5.96. The van der Waals surface area contributed by atoms with Gasteiger partial charge in [-0.2, -0.15) is 0 Å². The fourth-order valence-corrected chi connectivity index (χ4v) is 5.61. The molecule has 4 rings (SSSR count). The number of esters is 1. The van der Waals surface area contributed by atoms with Gasteiger partial charge in [0.15, 0.2) is 0 Å². The molecule has 2 heterocycles. The van der Waals surface area contributed by atoms with Crippen LogP contribution in [0.5, 0.6) is 5.75 Å². The van der Waals surface area contributed by atoms with Crippen LogP contribution in [0.1, 0.15) is 31.9 Å². The lowest BCUT2D eigenvalue weighted by atomic mass is 10.1. The molecule has 0 aliphatic heterocycles. The van der Waals surface area contributed by atoms with E-state index in [9.17, 15) is 18.8 Å². The molecule has 0 unspecified atom stereocenters. The van der Waals surface area contributed by atoms with Gasteiger partial charge in [0.2, 0.25) is 0 Å². The highest BCUT2D eigenvalue weighted by atomic mass is 35.5. The Morgan fingerprint density at radius 3 is 2.45 bits per heavy atom. The number of aromatic nitrogens is 2. The summed E-state index contributed by atoms with van der Waals surface area (Å²) in [6.45, 7) is 7.48. The Hall–Kier alpha value is -3.43. The van der Waals surface area contributed by atoms with Crippen molar-refractivity contribution in [1.29, 1.82) is 0 Å². The molecular weight excluding hydrogens is 531 g/mol. The maximum absolute atomic E-state index is 14.7. The van der Waals surface area contributed by atoms with E-state index in [2.05, 4.69) is 13.8 Å². The molecule has 0 saturated heterocycles. The van der Waals surface area contributed by atoms with Crippen LogP contribution in [0, 0.1) is 18.7 Å². The van der Waals surface area contributed by atoms with Gasteiger partial charge in [-0.05, 0) is 67.3 Å². The normalized spacial score (nSPS) is 11.3. The van der Waals surface area contributed by atoms with E-state index in [4.69, 9.17) is 21.1 Å². The molecule has 4 aromatic rings. The smallest absolute Gasteiger partial charge is 0.332 e. The van der Waals surface area contributed by atoms with Crippen molar-refractivity contribution in [2.75, 3.05) is 13.2 Å². The number of halogens is 2. The number of nitrogens with zero attached hydrogens (tertiary/aromatic N) is 2. The molecule has 0 amide bonds. The highest BCUT2D eigenvalue weighted by molar-refractivity contribution is 7.22. The Labute approximate surface area is 228 Å². The Balaban J connectivity index is 1.90. The highest BCUT2D eigenvalue weighted by Crippen LogP contribution is 2.37. The molecule has 7 nitrogen and oxygen atoms in total. The van der Waals surface area contributed by atoms with E-state index >= 15 is 0 Å². The molecule has 0 atom stereocenters. The van der Waals surface area contributed by atoms with Gasteiger partial charge >= 0.3 is 11.7 Å². The molecule has 2 aromatic heterocycles. The predicted octanol–water partition coefficient (Wildman–Crippen LogP) is 5.64. The van der Waals surface area contributed by atoms with Crippen LogP contribution in [0.2, 0.25) is 5.02 Å². The number of fused-ring (bicyclic) bond motifs is 1. The number of hydrogen-bond acceptors (Lipinski definition) is 6. The first-order valence-corrected chi connectivity index (χ1v) is 13.4. The molecule has 0 bridgehead atoms. The largest absolute Gasteiger partial charge is 0.493 e. The van der Waals surface area contributed by atoms with Crippen LogP contribution in [0.4, 0.5) is 4.39 Å². The van der Waals surface area contributed by atoms with E-state index in [0.717, 1.165) is 20.8 Å². The zero-order valence-corrected chi connectivity index (χ0v) is 23.1. The Kier molecular flexibility index (Phi) is 8.38. The molecule has 0 aliphatic rings. The van der Waals surface area contributed by atoms with Gasteiger partial charge in [-0.25, -0.2) is 13.8 Å². The lowest BCUT2D eigenvalue weighted by Crippen LogP contribution is -2.42. The first kappa shape index (κ1) is 27.6. The summed E-state index contributed by atoms with van der Waals surface area (Å²) in [5, 5.41) is 0.431. The molecule has 0 spiro atoms. The van der Waals surface area contributed by atoms with Crippen LogP contribution in [0.25, 0.3) is 20.7 Å². The summed E-state index contributed by atoms with van der Waals surface area (Å²) in [7, 11) is 0. The topological polar surface area (TPSA) is 79.5 Å². The van der Waals surface area contributed by atoms with E-state index in [1.54, 1.807) is 13.8 Å². The fourth-order valence-electron chi connectivity index (χ4n) is 4.09. The second kappa shape index (κ2) is 11.5. The minimum Gasteiger partial charge on any atom is -0.493 e. The number of thiophene rings is 1. The molecule has 2 aromatic carbocycles. The van der Waals surface area contributed by atoms with Crippen molar-refractivity contribution in [3.8, 4) is 16.2 Å². The molecule has 0 aliphatic carbocycles. The van der Waals surface area contributed by atoms with E-state index in [-0.39, 0.29) is 29.1 Å². The molecule has 10 heteroatoms. The third kappa shape index (κ3) is 5.54. The number of carbonyl (C=O) groups excluding carboxylic acids is 1. The van der Waals surface area contributed by atoms with E-state index in [1.165, 1.54) is 34.1 Å². The zero-order valence-electron chi connectivity index (χ0n) is 21.5. The summed E-state index contributed by atoms with van der Waals surface area (Å²) >= 11 is 7.52. The minimum atomic E-state index is -0.750. The molecule has 0 fully saturated rings. The van der Waals surface area contributed by atoms with Crippen molar-refractivity contribution in [3.05, 3.63) is 85.3 Å². The number of hydrogen-bond donors (Lipinski definition) is 0. The van der Waals surface area contributed by atoms with Gasteiger partial charge in [-0.1, -0.05) is 31.5 Å². The number of ether oxygens (including phenoxy) is 2. The zero-order chi connectivity index (χ0) is 27.6. The molecule has 0 saturated carbocycles. The summed E-state index contributed by atoms with van der Waals surface area (Å²) in [6.07, 6.45) is 0. The van der Waals surface area contributed by atoms with Crippen LogP contribution >= 0.6 is 22.9 Å². The third-order valence-corrected chi connectivity index (χ3v) is 7.68. The maximum atomic E-state index is 14.7. The lowest BCUT2D eigenvalue weighted by molar-refractivity contribution is -0.143. The lowest BCUT2D eigenvalue weighted by Gasteiger charge is -2.13. The summed E-state index contributed by atoms with van der Waals surface area (Å²) in [5.74, 6) is -0.183. The van der Waals surface area contributed by atoms with Crippen LogP contribution in [0.15, 0.2) is 52.1 Å². The van der Waals surface area contributed by atoms with Gasteiger partial charge in [-0.15, -0.1) is 11.3 Å². The van der Waals surface area contributed by atoms with Gasteiger partial charge < -0.3 is 9.47 Å². The van der Waals surface area contributed by atoms with E-state index in [0.29, 0.717) is 22.9 Å². The monoisotopic (exact) mass is 558 g/mol. The van der Waals surface area contributed by atoms with Crippen molar-refractivity contribution in [1.82, 2.24) is 9.13 Å². The standard InChI is InChI=1S/C28H28ClFN2O5S/c1-5-36-23(33)14-31-26(34)24-17(4)25(18-9-11-19(12-10-18)37-15-16(2)3)38-27(24)32(28(31)35)13-20-21(29)7-6-8-22(20)30/h6-12,16H,5,13-15H2,1-4H3. The average Bonchev–Trinajstić information content (AvgIpc) is 3.22. The Bertz CT molecular complexity index is 1580. The van der Waals surface area contributed by atoms with E-state index < -0.39 is 29.6 Å². The quantitative estimate of drug-likeness (QED) is 0.248. The van der Waals surface area contributed by atoms with Gasteiger partial charge in [-0.3, -0.25) is 14.2 Å². The summed E-state index contributed by atoms with van der Waals surface area (Å²) < 4.78 is 27.6. The van der Waals surface area contributed by atoms with Gasteiger partial charge in [0.25, 0.3) is 5.56 Å². The number of rotatable bonds is 9. The number of carbonyl (C=O) groups is 1. The number of benzene rings is 2. The second-order valence-corrected chi connectivity index (χ2v) is 10.6. The molecular formula is C28H28ClFN2O5S. The summed E-state index contributed by atoms with van der Waals surface area (Å²) in [4.78, 5) is 40.5. The Morgan fingerprint density at radius 1 is 1.11 bits per heavy atom. The SMILES string of the molecule is CCOC(=O)Cn1c(=O)c2c(C)c(-c3ccc(OCC(C)C)cc3)sc2n(Cc2c(F)cccc2Cl)c1=O. The van der Waals surface area contributed by atoms with Crippen LogP contribution in [-0.2, 0) is 22.6 Å². The Morgan fingerprint density at radius 2 is 1.82 bits per heavy atom. The van der Waals surface area contributed by atoms with Crippen molar-refractivity contribution >= 4 is 39.1 Å². The van der Waals surface area contributed by atoms with Crippen LogP contribution in [0.3, 0.4) is 0 Å². The first-order chi connectivity index (χ1) is 18.1. The summed E-state index contributed by atoms with van der Waals surface area (Å²) in [5.41, 5.74) is 0.237. The van der Waals surface area contributed by atoms with Crippen molar-refractivity contribution in [2.24, 2.45) is 5.92 Å². The maximum Gasteiger partial charge on any atom is 0.332 e. The molecule has 38 heavy (non-hydrogen) atoms. The predicted molar refractivity (Wildman–Crippen MR) is 148 cm³/mol. The average molecular weight is 559 g/mol. The van der Waals surface area contributed by atoms with Crippen LogP contribution < -0.4 is 16.0 Å². The van der Waals surface area contributed by atoms with Crippen molar-refractivity contribution < 1.29 is 18.7 Å². The molecule has 0 radical (unpaired) electrons. The minimum absolute atomic E-state index is 0.105. The fraction of sp³-hybridized carbons (Fsp3) is 0.321. The van der Waals surface area contributed by atoms with Gasteiger partial charge in [0, 0.05) is 15.5 Å². The summed E-state index contributed by atoms with van der Waals surface area (Å²) in [6, 6.07) is 11.8. The van der Waals surface area contributed by atoms with Crippen molar-refractivity contribution in [2.45, 2.75) is 40.8 Å². The van der Waals surface area contributed by atoms with Gasteiger partial charge in [0.05, 0.1) is 25.1 Å². The first-order valence-electron chi connectivity index (χ1n) is 12.2. The molecule has 200 valence electrons. The molecule has 0 N–H and O–H groups in total. The number of aryl methyl sites for hydroxylation is 1. The highest BCUT2D eigenvalue weighted by Gasteiger charge is 2.23. The van der Waals surface area contributed by atoms with E-state index in [1.807, 2.05) is 24.3 Å². The van der Waals surface area contributed by atoms with Crippen LogP contribution in [-0.4, -0.2) is 28.3 Å².